The number of ether oxygens (including phenoxy) is 3. The van der Waals surface area contributed by atoms with E-state index in [-0.39, 0.29) is 18.8 Å². The van der Waals surface area contributed by atoms with E-state index in [0.29, 0.717) is 18.4 Å². The van der Waals surface area contributed by atoms with Crippen LogP contribution in [-0.4, -0.2) is 50.3 Å². The standard InChI is InChI=1S/C21H28ClN3O3.2C2H6/c1-25-13-16(12-24-21(25)23)18(15-6-8-17(26-2)9-7-15)4-3-5-19-20(10-11-22)28-14-27-19;2*1-2/h5-8,10,13,17-18H,3-4,9,11-12,14H2,1-2H3,(H2,23,24);2*1-2H3/b19-5+,20-10+;;. The van der Waals surface area contributed by atoms with Crippen LogP contribution in [0, 0.1) is 5.92 Å². The van der Waals surface area contributed by atoms with Crippen molar-refractivity contribution in [3.8, 4) is 0 Å². The molecule has 3 aliphatic rings. The first kappa shape index (κ1) is 27.9. The highest BCUT2D eigenvalue weighted by Crippen LogP contribution is 2.32. The molecular formula is C25H40ClN3O3. The summed E-state index contributed by atoms with van der Waals surface area (Å²) < 4.78 is 16.4. The highest BCUT2D eigenvalue weighted by atomic mass is 35.5. The largest absolute Gasteiger partial charge is 0.454 e. The molecule has 1 aliphatic carbocycles. The lowest BCUT2D eigenvalue weighted by Crippen LogP contribution is -2.34. The summed E-state index contributed by atoms with van der Waals surface area (Å²) in [7, 11) is 3.67. The maximum atomic E-state index is 5.91. The predicted octanol–water partition coefficient (Wildman–Crippen LogP) is 5.49. The van der Waals surface area contributed by atoms with Gasteiger partial charge in [-0.15, -0.1) is 11.6 Å². The fourth-order valence-corrected chi connectivity index (χ4v) is 3.67. The second-order valence-corrected chi connectivity index (χ2v) is 7.20. The van der Waals surface area contributed by atoms with Crippen LogP contribution in [0.3, 0.4) is 0 Å². The van der Waals surface area contributed by atoms with Crippen LogP contribution in [0.2, 0.25) is 0 Å². The summed E-state index contributed by atoms with van der Waals surface area (Å²) >= 11 is 5.78. The van der Waals surface area contributed by atoms with E-state index in [2.05, 4.69) is 35.5 Å². The zero-order valence-electron chi connectivity index (χ0n) is 20.4. The number of methoxy groups -OCH3 is 1. The van der Waals surface area contributed by atoms with E-state index in [1.807, 2.05) is 45.7 Å². The van der Waals surface area contributed by atoms with Crippen LogP contribution in [0.15, 0.2) is 64.2 Å². The van der Waals surface area contributed by atoms with Crippen LogP contribution >= 0.6 is 11.6 Å². The maximum absolute atomic E-state index is 5.91. The highest BCUT2D eigenvalue weighted by Gasteiger charge is 2.23. The highest BCUT2D eigenvalue weighted by molar-refractivity contribution is 6.18. The molecule has 7 heteroatoms. The molecule has 180 valence electrons. The van der Waals surface area contributed by atoms with Crippen LogP contribution < -0.4 is 5.73 Å². The summed E-state index contributed by atoms with van der Waals surface area (Å²) in [5.41, 5.74) is 8.46. The first-order valence-electron chi connectivity index (χ1n) is 11.5. The van der Waals surface area contributed by atoms with Gasteiger partial charge in [-0.2, -0.15) is 0 Å². The van der Waals surface area contributed by atoms with Gasteiger partial charge in [0.25, 0.3) is 0 Å². The third-order valence-electron chi connectivity index (χ3n) is 5.11. The van der Waals surface area contributed by atoms with Gasteiger partial charge in [0.2, 0.25) is 6.79 Å². The molecule has 2 N–H and O–H groups in total. The zero-order chi connectivity index (χ0) is 23.9. The summed E-state index contributed by atoms with van der Waals surface area (Å²) in [6, 6.07) is 0. The minimum atomic E-state index is 0.149. The molecule has 32 heavy (non-hydrogen) atoms. The molecule has 0 aromatic rings. The van der Waals surface area contributed by atoms with Crippen LogP contribution in [-0.2, 0) is 14.2 Å². The molecule has 0 amide bonds. The van der Waals surface area contributed by atoms with Crippen molar-refractivity contribution in [3.63, 3.8) is 0 Å². The molecule has 2 heterocycles. The molecule has 1 fully saturated rings. The Hall–Kier alpha value is -2.18. The Morgan fingerprint density at radius 3 is 2.50 bits per heavy atom. The van der Waals surface area contributed by atoms with Crippen LogP contribution in [0.25, 0.3) is 0 Å². The lowest BCUT2D eigenvalue weighted by Gasteiger charge is -2.28. The summed E-state index contributed by atoms with van der Waals surface area (Å²) in [5, 5.41) is 0. The summed E-state index contributed by atoms with van der Waals surface area (Å²) in [6.07, 6.45) is 15.4. The van der Waals surface area contributed by atoms with E-state index in [0.717, 1.165) is 30.8 Å². The second kappa shape index (κ2) is 15.6. The Balaban J connectivity index is 0.00000121. The van der Waals surface area contributed by atoms with E-state index < -0.39 is 0 Å². The molecule has 0 aromatic heterocycles. The van der Waals surface area contributed by atoms with Gasteiger partial charge >= 0.3 is 0 Å². The van der Waals surface area contributed by atoms with Gasteiger partial charge in [-0.1, -0.05) is 45.9 Å². The molecule has 6 nitrogen and oxygen atoms in total. The lowest BCUT2D eigenvalue weighted by atomic mass is 9.84. The summed E-state index contributed by atoms with van der Waals surface area (Å²) in [5.74, 6) is 2.69. The van der Waals surface area contributed by atoms with Crippen LogP contribution in [0.4, 0.5) is 0 Å². The van der Waals surface area contributed by atoms with Gasteiger partial charge in [-0.25, -0.2) is 4.99 Å². The van der Waals surface area contributed by atoms with E-state index in [9.17, 15) is 0 Å². The Kier molecular flexibility index (Phi) is 13.6. The van der Waals surface area contributed by atoms with Crippen molar-refractivity contribution in [2.24, 2.45) is 16.6 Å². The van der Waals surface area contributed by atoms with E-state index in [4.69, 9.17) is 31.5 Å². The van der Waals surface area contributed by atoms with Gasteiger partial charge in [0.05, 0.1) is 12.6 Å². The van der Waals surface area contributed by atoms with Gasteiger partial charge in [0.15, 0.2) is 17.5 Å². The minimum absolute atomic E-state index is 0.149. The quantitative estimate of drug-likeness (QED) is 0.503. The fourth-order valence-electron chi connectivity index (χ4n) is 3.53. The van der Waals surface area contributed by atoms with Gasteiger partial charge in [-0.05, 0) is 42.6 Å². The van der Waals surface area contributed by atoms with Crippen molar-refractivity contribution < 1.29 is 14.2 Å². The first-order chi connectivity index (χ1) is 15.6. The monoisotopic (exact) mass is 465 g/mol. The number of guanidine groups is 1. The van der Waals surface area contributed by atoms with Crippen molar-refractivity contribution >= 4 is 17.6 Å². The fraction of sp³-hybridized carbons (Fsp3) is 0.560. The van der Waals surface area contributed by atoms with Gasteiger partial charge in [0, 0.05) is 32.2 Å². The molecule has 2 atom stereocenters. The Morgan fingerprint density at radius 2 is 1.94 bits per heavy atom. The Labute approximate surface area is 199 Å². The smallest absolute Gasteiger partial charge is 0.231 e. The number of halogens is 1. The molecule has 0 aromatic carbocycles. The molecule has 1 saturated heterocycles. The average molecular weight is 466 g/mol. The molecule has 2 aliphatic heterocycles. The van der Waals surface area contributed by atoms with E-state index >= 15 is 0 Å². The average Bonchev–Trinajstić information content (AvgIpc) is 3.29. The first-order valence-corrected chi connectivity index (χ1v) is 12.0. The van der Waals surface area contributed by atoms with Crippen LogP contribution in [0.5, 0.6) is 0 Å². The maximum Gasteiger partial charge on any atom is 0.231 e. The van der Waals surface area contributed by atoms with Crippen molar-refractivity contribution in [2.45, 2.75) is 53.1 Å². The molecular weight excluding hydrogens is 426 g/mol. The third kappa shape index (κ3) is 8.06. The molecule has 0 spiro atoms. The third-order valence-corrected chi connectivity index (χ3v) is 5.26. The van der Waals surface area contributed by atoms with Crippen molar-refractivity contribution in [1.29, 1.82) is 0 Å². The molecule has 0 radical (unpaired) electrons. The number of rotatable bonds is 7. The number of nitrogens with two attached hydrogens (primary N) is 1. The number of hydrogen-bond acceptors (Lipinski definition) is 6. The molecule has 0 saturated carbocycles. The number of aliphatic imine (C=N–C) groups is 1. The number of nitrogens with zero attached hydrogens (tertiary/aromatic N) is 2. The lowest BCUT2D eigenvalue weighted by molar-refractivity contribution is 0.0973. The minimum Gasteiger partial charge on any atom is -0.454 e. The normalized spacial score (nSPS) is 23.0. The van der Waals surface area contributed by atoms with Crippen molar-refractivity contribution in [1.82, 2.24) is 4.90 Å². The molecule has 0 bridgehead atoms. The van der Waals surface area contributed by atoms with E-state index in [1.165, 1.54) is 11.1 Å². The summed E-state index contributed by atoms with van der Waals surface area (Å²) in [6.45, 7) is 8.86. The topological polar surface area (TPSA) is 69.3 Å². The number of hydrogen-bond donors (Lipinski definition) is 1. The Morgan fingerprint density at radius 1 is 1.25 bits per heavy atom. The molecule has 3 rings (SSSR count). The van der Waals surface area contributed by atoms with Gasteiger partial charge in [-0.3, -0.25) is 0 Å². The second-order valence-electron chi connectivity index (χ2n) is 6.89. The van der Waals surface area contributed by atoms with Crippen LogP contribution in [0.1, 0.15) is 47.0 Å². The van der Waals surface area contributed by atoms with Gasteiger partial charge < -0.3 is 24.8 Å². The Bertz CT molecular complexity index is 754. The van der Waals surface area contributed by atoms with Crippen molar-refractivity contribution in [3.05, 3.63) is 59.2 Å². The van der Waals surface area contributed by atoms with Gasteiger partial charge in [0.1, 0.15) is 0 Å². The zero-order valence-corrected chi connectivity index (χ0v) is 21.2. The number of alkyl halides is 1. The predicted molar refractivity (Wildman–Crippen MR) is 134 cm³/mol. The van der Waals surface area contributed by atoms with Crippen molar-refractivity contribution in [2.75, 3.05) is 33.4 Å². The SMILES string of the molecule is CC.CC.COC1C=CC(C(CC/C=C2/OCO/C2=C/CCl)C2=CN(C)C(N)=NC2)=CC1. The summed E-state index contributed by atoms with van der Waals surface area (Å²) in [4.78, 5) is 6.33. The van der Waals surface area contributed by atoms with E-state index in [1.54, 1.807) is 7.11 Å². The number of allylic oxidation sites excluding steroid dienone is 4. The molecule has 2 unspecified atom stereocenters.